The molecular formula is C15H19N. The molecule has 0 heterocycles. The van der Waals surface area contributed by atoms with E-state index in [0.29, 0.717) is 6.04 Å². The lowest BCUT2D eigenvalue weighted by molar-refractivity contribution is 0.963. The van der Waals surface area contributed by atoms with Crippen LogP contribution in [-0.2, 0) is 0 Å². The summed E-state index contributed by atoms with van der Waals surface area (Å²) < 4.78 is 0. The Morgan fingerprint density at radius 1 is 0.812 bits per heavy atom. The molecular weight excluding hydrogens is 194 g/mol. The number of hydrogen-bond donors (Lipinski definition) is 1. The zero-order valence-corrected chi connectivity index (χ0v) is 10.5. The van der Waals surface area contributed by atoms with E-state index in [-0.39, 0.29) is 0 Å². The Morgan fingerprint density at radius 3 is 1.81 bits per heavy atom. The molecule has 0 atom stereocenters. The van der Waals surface area contributed by atoms with Crippen LogP contribution in [0.2, 0.25) is 0 Å². The van der Waals surface area contributed by atoms with Crippen LogP contribution in [0.4, 0.5) is 5.69 Å². The van der Waals surface area contributed by atoms with E-state index in [4.69, 9.17) is 0 Å². The fraction of sp³-hybridized carbons (Fsp3) is 0.333. The maximum absolute atomic E-state index is 3.59. The summed E-state index contributed by atoms with van der Waals surface area (Å²) in [6.45, 7) is 8.85. The van der Waals surface area contributed by atoms with Crippen LogP contribution in [0.1, 0.15) is 27.7 Å². The van der Waals surface area contributed by atoms with Crippen molar-refractivity contribution in [2.75, 3.05) is 5.32 Å². The molecule has 1 aliphatic rings. The van der Waals surface area contributed by atoms with Gasteiger partial charge in [-0.1, -0.05) is 18.2 Å². The van der Waals surface area contributed by atoms with Crippen molar-refractivity contribution in [2.24, 2.45) is 0 Å². The first-order valence-corrected chi connectivity index (χ1v) is 5.78. The van der Waals surface area contributed by atoms with Gasteiger partial charge in [0.05, 0.1) is 6.04 Å². The van der Waals surface area contributed by atoms with Crippen molar-refractivity contribution < 1.29 is 0 Å². The summed E-state index contributed by atoms with van der Waals surface area (Å²) in [5.41, 5.74) is 6.95. The molecule has 1 heteroatoms. The van der Waals surface area contributed by atoms with Crippen molar-refractivity contribution in [1.29, 1.82) is 0 Å². The lowest BCUT2D eigenvalue weighted by Gasteiger charge is -2.18. The molecule has 16 heavy (non-hydrogen) atoms. The second-order valence-electron chi connectivity index (χ2n) is 4.56. The molecule has 84 valence electrons. The SMILES string of the molecule is CC1=C(C)C(Nc2ccccc2)C(C)=C1C. The van der Waals surface area contributed by atoms with E-state index in [0.717, 1.165) is 0 Å². The summed E-state index contributed by atoms with van der Waals surface area (Å²) in [5.74, 6) is 0. The van der Waals surface area contributed by atoms with Crippen molar-refractivity contribution in [3.8, 4) is 0 Å². The van der Waals surface area contributed by atoms with E-state index in [1.807, 2.05) is 6.07 Å². The smallest absolute Gasteiger partial charge is 0.0693 e. The number of anilines is 1. The monoisotopic (exact) mass is 213 g/mol. The highest BCUT2D eigenvalue weighted by Gasteiger charge is 2.23. The average molecular weight is 213 g/mol. The Bertz CT molecular complexity index is 428. The van der Waals surface area contributed by atoms with Crippen LogP contribution in [0.5, 0.6) is 0 Å². The average Bonchev–Trinajstić information content (AvgIpc) is 2.48. The molecule has 1 nitrogen and oxygen atoms in total. The van der Waals surface area contributed by atoms with Gasteiger partial charge in [0.1, 0.15) is 0 Å². The van der Waals surface area contributed by atoms with Gasteiger partial charge in [0.25, 0.3) is 0 Å². The Balaban J connectivity index is 2.25. The number of rotatable bonds is 2. The van der Waals surface area contributed by atoms with Crippen LogP contribution in [0.3, 0.4) is 0 Å². The molecule has 1 aliphatic carbocycles. The molecule has 0 saturated carbocycles. The number of hydrogen-bond acceptors (Lipinski definition) is 1. The second kappa shape index (κ2) is 4.17. The molecule has 0 spiro atoms. The lowest BCUT2D eigenvalue weighted by Crippen LogP contribution is -2.20. The Labute approximate surface area is 97.9 Å². The van der Waals surface area contributed by atoms with Crippen molar-refractivity contribution in [1.82, 2.24) is 0 Å². The Hall–Kier alpha value is -1.50. The molecule has 1 aromatic carbocycles. The molecule has 0 aliphatic heterocycles. The summed E-state index contributed by atoms with van der Waals surface area (Å²) >= 11 is 0. The van der Waals surface area contributed by atoms with Gasteiger partial charge >= 0.3 is 0 Å². The Morgan fingerprint density at radius 2 is 1.31 bits per heavy atom. The molecule has 1 aromatic rings. The second-order valence-corrected chi connectivity index (χ2v) is 4.56. The van der Waals surface area contributed by atoms with E-state index < -0.39 is 0 Å². The zero-order chi connectivity index (χ0) is 11.7. The minimum absolute atomic E-state index is 0.377. The number of allylic oxidation sites excluding steroid dienone is 2. The predicted octanol–water partition coefficient (Wildman–Crippen LogP) is 4.15. The standard InChI is InChI=1S/C15H19N/c1-10-11(2)13(4)15(12(10)3)16-14-8-6-5-7-9-14/h5-9,15-16H,1-4H3. The largest absolute Gasteiger partial charge is 0.375 e. The number of nitrogens with one attached hydrogen (secondary N) is 1. The first kappa shape index (κ1) is 11.0. The van der Waals surface area contributed by atoms with Crippen LogP contribution in [0, 0.1) is 0 Å². The molecule has 0 fully saturated rings. The Kier molecular flexibility index (Phi) is 2.86. The van der Waals surface area contributed by atoms with Gasteiger partial charge in [-0.2, -0.15) is 0 Å². The van der Waals surface area contributed by atoms with Gasteiger partial charge in [-0.25, -0.2) is 0 Å². The van der Waals surface area contributed by atoms with E-state index in [1.165, 1.54) is 28.0 Å². The third-order valence-electron chi connectivity index (χ3n) is 3.70. The zero-order valence-electron chi connectivity index (χ0n) is 10.5. The molecule has 2 rings (SSSR count). The summed E-state index contributed by atoms with van der Waals surface area (Å²) in [6, 6.07) is 10.8. The molecule has 0 unspecified atom stereocenters. The van der Waals surface area contributed by atoms with E-state index in [9.17, 15) is 0 Å². The molecule has 0 radical (unpaired) electrons. The molecule has 1 N–H and O–H groups in total. The van der Waals surface area contributed by atoms with Gasteiger partial charge < -0.3 is 5.32 Å². The van der Waals surface area contributed by atoms with Crippen LogP contribution in [-0.4, -0.2) is 6.04 Å². The van der Waals surface area contributed by atoms with Gasteiger partial charge in [0, 0.05) is 5.69 Å². The summed E-state index contributed by atoms with van der Waals surface area (Å²) in [4.78, 5) is 0. The summed E-state index contributed by atoms with van der Waals surface area (Å²) in [5, 5.41) is 3.59. The van der Waals surface area contributed by atoms with Crippen LogP contribution >= 0.6 is 0 Å². The quantitative estimate of drug-likeness (QED) is 0.778. The van der Waals surface area contributed by atoms with Gasteiger partial charge in [-0.15, -0.1) is 0 Å². The van der Waals surface area contributed by atoms with Gasteiger partial charge in [-0.3, -0.25) is 0 Å². The normalized spacial score (nSPS) is 17.2. The number of para-hydroxylation sites is 1. The highest BCUT2D eigenvalue weighted by Crippen LogP contribution is 2.33. The van der Waals surface area contributed by atoms with Crippen molar-refractivity contribution in [3.63, 3.8) is 0 Å². The number of benzene rings is 1. The molecule has 0 saturated heterocycles. The topological polar surface area (TPSA) is 12.0 Å². The lowest BCUT2D eigenvalue weighted by atomic mass is 10.1. The maximum Gasteiger partial charge on any atom is 0.0693 e. The van der Waals surface area contributed by atoms with Crippen molar-refractivity contribution >= 4 is 5.69 Å². The van der Waals surface area contributed by atoms with Crippen LogP contribution in [0.25, 0.3) is 0 Å². The fourth-order valence-corrected chi connectivity index (χ4v) is 2.27. The first-order valence-electron chi connectivity index (χ1n) is 5.78. The highest BCUT2D eigenvalue weighted by molar-refractivity contribution is 5.56. The van der Waals surface area contributed by atoms with Gasteiger partial charge in [-0.05, 0) is 62.1 Å². The fourth-order valence-electron chi connectivity index (χ4n) is 2.27. The van der Waals surface area contributed by atoms with E-state index in [2.05, 4.69) is 57.3 Å². The van der Waals surface area contributed by atoms with Crippen LogP contribution < -0.4 is 5.32 Å². The predicted molar refractivity (Wildman–Crippen MR) is 70.6 cm³/mol. The third kappa shape index (κ3) is 1.78. The molecule has 0 bridgehead atoms. The van der Waals surface area contributed by atoms with Gasteiger partial charge in [0.15, 0.2) is 0 Å². The maximum atomic E-state index is 3.59. The van der Waals surface area contributed by atoms with Crippen molar-refractivity contribution in [2.45, 2.75) is 33.7 Å². The van der Waals surface area contributed by atoms with E-state index in [1.54, 1.807) is 0 Å². The minimum Gasteiger partial charge on any atom is -0.375 e. The van der Waals surface area contributed by atoms with Crippen LogP contribution in [0.15, 0.2) is 52.6 Å². The molecule has 0 aromatic heterocycles. The third-order valence-corrected chi connectivity index (χ3v) is 3.70. The summed E-state index contributed by atoms with van der Waals surface area (Å²) in [7, 11) is 0. The highest BCUT2D eigenvalue weighted by atomic mass is 14.9. The minimum atomic E-state index is 0.377. The van der Waals surface area contributed by atoms with Crippen molar-refractivity contribution in [3.05, 3.63) is 52.6 Å². The van der Waals surface area contributed by atoms with E-state index >= 15 is 0 Å². The van der Waals surface area contributed by atoms with Gasteiger partial charge in [0.2, 0.25) is 0 Å². The summed E-state index contributed by atoms with van der Waals surface area (Å²) in [6.07, 6.45) is 0. The first-order chi connectivity index (χ1) is 7.61. The molecule has 0 amide bonds.